The van der Waals surface area contributed by atoms with E-state index in [2.05, 4.69) is 42.1 Å². The third-order valence-electron chi connectivity index (χ3n) is 3.68. The molecule has 1 aromatic heterocycles. The number of halogens is 2. The van der Waals surface area contributed by atoms with Gasteiger partial charge in [-0.3, -0.25) is 4.79 Å². The molecule has 1 amide bonds. The van der Waals surface area contributed by atoms with Crippen LogP contribution in [0, 0.1) is 0 Å². The summed E-state index contributed by atoms with van der Waals surface area (Å²) in [5, 5.41) is 3.48. The number of rotatable bonds is 4. The standard InChI is InChI=1S/C13H16Br2N2OS/c14-10-6-11(19-12(10)15)13(18)17(9-3-4-9)7-8-2-1-5-16-8/h6,8-9,16H,1-5,7H2. The second-order valence-corrected chi connectivity index (χ2v) is 8.44. The minimum Gasteiger partial charge on any atom is -0.333 e. The highest BCUT2D eigenvalue weighted by molar-refractivity contribution is 9.13. The van der Waals surface area contributed by atoms with Gasteiger partial charge >= 0.3 is 0 Å². The average molecular weight is 408 g/mol. The second kappa shape index (κ2) is 5.84. The van der Waals surface area contributed by atoms with Crippen molar-refractivity contribution >= 4 is 49.1 Å². The molecule has 2 heterocycles. The number of nitrogens with one attached hydrogen (secondary N) is 1. The number of hydrogen-bond acceptors (Lipinski definition) is 3. The third-order valence-corrected chi connectivity index (χ3v) is 6.93. The van der Waals surface area contributed by atoms with Gasteiger partial charge in [0.2, 0.25) is 0 Å². The van der Waals surface area contributed by atoms with Crippen molar-refractivity contribution in [1.82, 2.24) is 10.2 Å². The van der Waals surface area contributed by atoms with Crippen molar-refractivity contribution in [1.29, 1.82) is 0 Å². The summed E-state index contributed by atoms with van der Waals surface area (Å²) >= 11 is 8.43. The number of carbonyl (C=O) groups is 1. The van der Waals surface area contributed by atoms with Gasteiger partial charge in [0.25, 0.3) is 5.91 Å². The molecular weight excluding hydrogens is 392 g/mol. The lowest BCUT2D eigenvalue weighted by Crippen LogP contribution is -2.42. The Morgan fingerprint density at radius 2 is 2.21 bits per heavy atom. The first kappa shape index (κ1) is 14.0. The van der Waals surface area contributed by atoms with Gasteiger partial charge in [-0.05, 0) is 70.2 Å². The minimum atomic E-state index is 0.188. The molecule has 2 fully saturated rings. The summed E-state index contributed by atoms with van der Waals surface area (Å²) < 4.78 is 1.96. The van der Waals surface area contributed by atoms with Crippen molar-refractivity contribution in [3.8, 4) is 0 Å². The molecule has 1 aromatic rings. The van der Waals surface area contributed by atoms with E-state index in [0.29, 0.717) is 12.1 Å². The van der Waals surface area contributed by atoms with E-state index in [-0.39, 0.29) is 5.91 Å². The Morgan fingerprint density at radius 3 is 2.74 bits per heavy atom. The molecule has 1 aliphatic carbocycles. The number of hydrogen-bond donors (Lipinski definition) is 1. The summed E-state index contributed by atoms with van der Waals surface area (Å²) in [5.41, 5.74) is 0. The maximum atomic E-state index is 12.6. The summed E-state index contributed by atoms with van der Waals surface area (Å²) in [6.45, 7) is 1.95. The van der Waals surface area contributed by atoms with E-state index < -0.39 is 0 Å². The van der Waals surface area contributed by atoms with E-state index in [1.807, 2.05) is 6.07 Å². The summed E-state index contributed by atoms with van der Waals surface area (Å²) in [6.07, 6.45) is 4.74. The van der Waals surface area contributed by atoms with Crippen LogP contribution in [0.2, 0.25) is 0 Å². The smallest absolute Gasteiger partial charge is 0.264 e. The van der Waals surface area contributed by atoms with Crippen molar-refractivity contribution in [2.45, 2.75) is 37.8 Å². The van der Waals surface area contributed by atoms with Crippen LogP contribution in [-0.4, -0.2) is 36.0 Å². The molecule has 104 valence electrons. The molecule has 2 aliphatic rings. The summed E-state index contributed by atoms with van der Waals surface area (Å²) in [5.74, 6) is 0.188. The zero-order valence-corrected chi connectivity index (χ0v) is 14.5. The highest BCUT2D eigenvalue weighted by atomic mass is 79.9. The van der Waals surface area contributed by atoms with Gasteiger partial charge in [-0.1, -0.05) is 0 Å². The van der Waals surface area contributed by atoms with Crippen molar-refractivity contribution in [3.05, 3.63) is 19.2 Å². The van der Waals surface area contributed by atoms with Crippen LogP contribution in [-0.2, 0) is 0 Å². The number of carbonyl (C=O) groups excluding carboxylic acids is 1. The first-order valence-electron chi connectivity index (χ1n) is 6.64. The lowest BCUT2D eigenvalue weighted by Gasteiger charge is -2.25. The molecule has 3 rings (SSSR count). The molecule has 1 saturated heterocycles. The Morgan fingerprint density at radius 1 is 1.42 bits per heavy atom. The highest BCUT2D eigenvalue weighted by Crippen LogP contribution is 2.35. The first-order valence-corrected chi connectivity index (χ1v) is 9.04. The first-order chi connectivity index (χ1) is 9.15. The van der Waals surface area contributed by atoms with Crippen molar-refractivity contribution < 1.29 is 4.79 Å². The summed E-state index contributed by atoms with van der Waals surface area (Å²) in [6, 6.07) is 2.88. The average Bonchev–Trinajstić information content (AvgIpc) is 3.00. The zero-order valence-electron chi connectivity index (χ0n) is 10.5. The van der Waals surface area contributed by atoms with E-state index in [0.717, 1.165) is 39.1 Å². The van der Waals surface area contributed by atoms with Crippen LogP contribution < -0.4 is 5.32 Å². The molecule has 6 heteroatoms. The van der Waals surface area contributed by atoms with E-state index in [1.165, 1.54) is 24.2 Å². The number of amides is 1. The Bertz CT molecular complexity index is 461. The fourth-order valence-electron chi connectivity index (χ4n) is 2.53. The maximum absolute atomic E-state index is 12.6. The molecule has 1 atom stereocenters. The van der Waals surface area contributed by atoms with Crippen LogP contribution in [0.1, 0.15) is 35.4 Å². The predicted octanol–water partition coefficient (Wildman–Crippen LogP) is 3.63. The lowest BCUT2D eigenvalue weighted by molar-refractivity contribution is 0.0733. The van der Waals surface area contributed by atoms with Crippen LogP contribution >= 0.6 is 43.2 Å². The van der Waals surface area contributed by atoms with Crippen LogP contribution in [0.25, 0.3) is 0 Å². The van der Waals surface area contributed by atoms with Gasteiger partial charge in [-0.2, -0.15) is 0 Å². The van der Waals surface area contributed by atoms with Crippen LogP contribution in [0.3, 0.4) is 0 Å². The third kappa shape index (κ3) is 3.23. The summed E-state index contributed by atoms with van der Waals surface area (Å²) in [7, 11) is 0. The normalized spacial score (nSPS) is 22.7. The molecule has 1 aliphatic heterocycles. The monoisotopic (exact) mass is 406 g/mol. The zero-order chi connectivity index (χ0) is 13.4. The predicted molar refractivity (Wildman–Crippen MR) is 84.8 cm³/mol. The molecule has 19 heavy (non-hydrogen) atoms. The van der Waals surface area contributed by atoms with Crippen LogP contribution in [0.15, 0.2) is 14.3 Å². The molecule has 0 bridgehead atoms. The van der Waals surface area contributed by atoms with Gasteiger partial charge in [-0.15, -0.1) is 11.3 Å². The molecule has 0 radical (unpaired) electrons. The van der Waals surface area contributed by atoms with Gasteiger partial charge in [0.05, 0.1) is 8.66 Å². The van der Waals surface area contributed by atoms with Crippen LogP contribution in [0.5, 0.6) is 0 Å². The fraction of sp³-hybridized carbons (Fsp3) is 0.615. The Labute approximate surface area is 134 Å². The largest absolute Gasteiger partial charge is 0.333 e. The van der Waals surface area contributed by atoms with Gasteiger partial charge in [0.15, 0.2) is 0 Å². The SMILES string of the molecule is O=C(c1cc(Br)c(Br)s1)N(CC1CCCN1)C1CC1. The Kier molecular flexibility index (Phi) is 4.31. The Hall–Kier alpha value is 0.0900. The van der Waals surface area contributed by atoms with Gasteiger partial charge in [0.1, 0.15) is 0 Å². The number of thiophene rings is 1. The Balaban J connectivity index is 1.73. The quantitative estimate of drug-likeness (QED) is 0.826. The molecule has 3 nitrogen and oxygen atoms in total. The van der Waals surface area contributed by atoms with E-state index >= 15 is 0 Å². The second-order valence-electron chi connectivity index (χ2n) is 5.21. The van der Waals surface area contributed by atoms with Gasteiger partial charge in [0, 0.05) is 23.1 Å². The van der Waals surface area contributed by atoms with Gasteiger partial charge < -0.3 is 10.2 Å². The topological polar surface area (TPSA) is 32.3 Å². The highest BCUT2D eigenvalue weighted by Gasteiger charge is 2.35. The minimum absolute atomic E-state index is 0.188. The van der Waals surface area contributed by atoms with E-state index in [1.54, 1.807) is 0 Å². The molecule has 1 N–H and O–H groups in total. The molecule has 0 aromatic carbocycles. The van der Waals surface area contributed by atoms with Crippen molar-refractivity contribution in [2.75, 3.05) is 13.1 Å². The molecule has 0 spiro atoms. The van der Waals surface area contributed by atoms with E-state index in [4.69, 9.17) is 0 Å². The van der Waals surface area contributed by atoms with Crippen LogP contribution in [0.4, 0.5) is 0 Å². The molecule has 1 saturated carbocycles. The fourth-order valence-corrected chi connectivity index (χ4v) is 4.52. The van der Waals surface area contributed by atoms with Crippen molar-refractivity contribution in [2.24, 2.45) is 0 Å². The van der Waals surface area contributed by atoms with Gasteiger partial charge in [-0.25, -0.2) is 0 Å². The maximum Gasteiger partial charge on any atom is 0.264 e. The van der Waals surface area contributed by atoms with Crippen molar-refractivity contribution in [3.63, 3.8) is 0 Å². The molecular formula is C13H16Br2N2OS. The number of nitrogens with zero attached hydrogens (tertiary/aromatic N) is 1. The lowest BCUT2D eigenvalue weighted by atomic mass is 10.2. The summed E-state index contributed by atoms with van der Waals surface area (Å²) in [4.78, 5) is 15.5. The van der Waals surface area contributed by atoms with E-state index in [9.17, 15) is 4.79 Å². The molecule has 1 unspecified atom stereocenters.